The lowest BCUT2D eigenvalue weighted by Gasteiger charge is -2.10. The second-order valence-electron chi connectivity index (χ2n) is 3.90. The lowest BCUT2D eigenvalue weighted by molar-refractivity contribution is 0.0930. The van der Waals surface area contributed by atoms with E-state index in [4.69, 9.17) is 9.52 Å². The SMILES string of the molecule is CC(CCO)NC(=O)c1csc(-c2ccco2)n1. The fraction of sp³-hybridized carbons (Fsp3) is 0.333. The Hall–Kier alpha value is -1.66. The Morgan fingerprint density at radius 3 is 3.17 bits per heavy atom. The lowest BCUT2D eigenvalue weighted by atomic mass is 10.2. The van der Waals surface area contributed by atoms with Crippen LogP contribution in [0.25, 0.3) is 10.8 Å². The van der Waals surface area contributed by atoms with Gasteiger partial charge in [-0.15, -0.1) is 11.3 Å². The zero-order valence-corrected chi connectivity index (χ0v) is 10.7. The third kappa shape index (κ3) is 2.96. The van der Waals surface area contributed by atoms with Crippen LogP contribution in [0.5, 0.6) is 0 Å². The van der Waals surface area contributed by atoms with Gasteiger partial charge in [-0.25, -0.2) is 4.98 Å². The van der Waals surface area contributed by atoms with Crippen molar-refractivity contribution in [1.82, 2.24) is 10.3 Å². The number of aromatic nitrogens is 1. The number of hydrogen-bond acceptors (Lipinski definition) is 5. The van der Waals surface area contributed by atoms with Gasteiger partial charge in [-0.3, -0.25) is 4.79 Å². The van der Waals surface area contributed by atoms with Crippen molar-refractivity contribution < 1.29 is 14.3 Å². The first kappa shape index (κ1) is 12.8. The molecule has 0 radical (unpaired) electrons. The molecule has 0 bridgehead atoms. The second kappa shape index (κ2) is 5.79. The maximum atomic E-state index is 11.8. The van der Waals surface area contributed by atoms with E-state index in [9.17, 15) is 4.79 Å². The van der Waals surface area contributed by atoms with Gasteiger partial charge < -0.3 is 14.8 Å². The van der Waals surface area contributed by atoms with Gasteiger partial charge in [-0.2, -0.15) is 0 Å². The van der Waals surface area contributed by atoms with Crippen LogP contribution in [-0.2, 0) is 0 Å². The van der Waals surface area contributed by atoms with Gasteiger partial charge in [0.15, 0.2) is 10.8 Å². The number of thiazole rings is 1. The van der Waals surface area contributed by atoms with Crippen molar-refractivity contribution in [1.29, 1.82) is 0 Å². The number of furan rings is 1. The van der Waals surface area contributed by atoms with Crippen molar-refractivity contribution in [3.8, 4) is 10.8 Å². The van der Waals surface area contributed by atoms with Gasteiger partial charge >= 0.3 is 0 Å². The van der Waals surface area contributed by atoms with Crippen molar-refractivity contribution in [3.05, 3.63) is 29.5 Å². The average molecular weight is 266 g/mol. The number of rotatable bonds is 5. The second-order valence-corrected chi connectivity index (χ2v) is 4.76. The average Bonchev–Trinajstić information content (AvgIpc) is 3.00. The fourth-order valence-electron chi connectivity index (χ4n) is 1.46. The third-order valence-electron chi connectivity index (χ3n) is 2.41. The minimum Gasteiger partial charge on any atom is -0.462 e. The summed E-state index contributed by atoms with van der Waals surface area (Å²) in [4.78, 5) is 16.0. The molecule has 5 nitrogen and oxygen atoms in total. The number of nitrogens with zero attached hydrogens (tertiary/aromatic N) is 1. The highest BCUT2D eigenvalue weighted by Gasteiger charge is 2.14. The highest BCUT2D eigenvalue weighted by molar-refractivity contribution is 7.13. The van der Waals surface area contributed by atoms with Gasteiger partial charge in [0.05, 0.1) is 6.26 Å². The minimum atomic E-state index is -0.231. The number of aliphatic hydroxyl groups is 1. The number of carbonyl (C=O) groups is 1. The first-order chi connectivity index (χ1) is 8.70. The van der Waals surface area contributed by atoms with Crippen LogP contribution < -0.4 is 5.32 Å². The van der Waals surface area contributed by atoms with Crippen LogP contribution in [0.2, 0.25) is 0 Å². The number of hydrogen-bond donors (Lipinski definition) is 2. The van der Waals surface area contributed by atoms with Crippen LogP contribution in [0, 0.1) is 0 Å². The number of aliphatic hydroxyl groups excluding tert-OH is 1. The molecule has 0 aliphatic rings. The molecule has 2 N–H and O–H groups in total. The van der Waals surface area contributed by atoms with Crippen molar-refractivity contribution in [2.24, 2.45) is 0 Å². The summed E-state index contributed by atoms with van der Waals surface area (Å²) < 4.78 is 5.22. The number of carbonyl (C=O) groups excluding carboxylic acids is 1. The number of amides is 1. The van der Waals surface area contributed by atoms with Crippen LogP contribution in [0.3, 0.4) is 0 Å². The van der Waals surface area contributed by atoms with Crippen molar-refractivity contribution >= 4 is 17.2 Å². The monoisotopic (exact) mass is 266 g/mol. The number of nitrogens with one attached hydrogen (secondary N) is 1. The maximum absolute atomic E-state index is 11.8. The molecule has 96 valence electrons. The van der Waals surface area contributed by atoms with Gasteiger partial charge in [-0.05, 0) is 25.5 Å². The van der Waals surface area contributed by atoms with Gasteiger partial charge in [0.1, 0.15) is 5.69 Å². The predicted molar refractivity (Wildman–Crippen MR) is 68.4 cm³/mol. The first-order valence-electron chi connectivity index (χ1n) is 5.62. The summed E-state index contributed by atoms with van der Waals surface area (Å²) in [6.07, 6.45) is 2.10. The van der Waals surface area contributed by atoms with Gasteiger partial charge in [0.2, 0.25) is 0 Å². The van der Waals surface area contributed by atoms with Crippen LogP contribution in [0.4, 0.5) is 0 Å². The molecule has 6 heteroatoms. The Morgan fingerprint density at radius 2 is 2.50 bits per heavy atom. The summed E-state index contributed by atoms with van der Waals surface area (Å²) in [5, 5.41) is 13.9. The van der Waals surface area contributed by atoms with Crippen LogP contribution >= 0.6 is 11.3 Å². The van der Waals surface area contributed by atoms with E-state index in [1.165, 1.54) is 11.3 Å². The molecule has 0 saturated carbocycles. The molecule has 0 aliphatic heterocycles. The molecular formula is C12H14N2O3S. The van der Waals surface area contributed by atoms with Gasteiger partial charge in [0.25, 0.3) is 5.91 Å². The van der Waals surface area contributed by atoms with E-state index in [0.717, 1.165) is 0 Å². The molecule has 2 heterocycles. The van der Waals surface area contributed by atoms with E-state index in [0.29, 0.717) is 22.9 Å². The molecule has 0 aliphatic carbocycles. The van der Waals surface area contributed by atoms with E-state index in [2.05, 4.69) is 10.3 Å². The lowest BCUT2D eigenvalue weighted by Crippen LogP contribution is -2.33. The molecule has 1 unspecified atom stereocenters. The van der Waals surface area contributed by atoms with Crippen molar-refractivity contribution in [2.45, 2.75) is 19.4 Å². The summed E-state index contributed by atoms with van der Waals surface area (Å²) >= 11 is 1.36. The largest absolute Gasteiger partial charge is 0.462 e. The molecule has 0 fully saturated rings. The van der Waals surface area contributed by atoms with Crippen molar-refractivity contribution in [2.75, 3.05) is 6.61 Å². The molecule has 1 amide bonds. The molecule has 18 heavy (non-hydrogen) atoms. The molecule has 2 aromatic heterocycles. The zero-order valence-electron chi connectivity index (χ0n) is 9.92. The van der Waals surface area contributed by atoms with Crippen LogP contribution in [-0.4, -0.2) is 28.6 Å². The van der Waals surface area contributed by atoms with Crippen LogP contribution in [0.15, 0.2) is 28.2 Å². The Balaban J connectivity index is 2.04. The standard InChI is InChI=1S/C12H14N2O3S/c1-8(4-5-15)13-11(16)9-7-18-12(14-9)10-3-2-6-17-10/h2-3,6-8,15H,4-5H2,1H3,(H,13,16). The smallest absolute Gasteiger partial charge is 0.270 e. The maximum Gasteiger partial charge on any atom is 0.270 e. The van der Waals surface area contributed by atoms with E-state index in [1.54, 1.807) is 23.8 Å². The molecular weight excluding hydrogens is 252 g/mol. The normalized spacial score (nSPS) is 12.3. The Morgan fingerprint density at radius 1 is 1.67 bits per heavy atom. The van der Waals surface area contributed by atoms with Crippen molar-refractivity contribution in [3.63, 3.8) is 0 Å². The molecule has 0 aromatic carbocycles. The molecule has 0 saturated heterocycles. The topological polar surface area (TPSA) is 75.4 Å². The van der Waals surface area contributed by atoms with E-state index in [1.807, 2.05) is 6.92 Å². The summed E-state index contributed by atoms with van der Waals surface area (Å²) in [5.41, 5.74) is 0.371. The Bertz CT molecular complexity index is 507. The summed E-state index contributed by atoms with van der Waals surface area (Å²) in [6, 6.07) is 3.51. The summed E-state index contributed by atoms with van der Waals surface area (Å²) in [6.45, 7) is 1.89. The Kier molecular flexibility index (Phi) is 4.11. The minimum absolute atomic E-state index is 0.0517. The molecule has 0 spiro atoms. The predicted octanol–water partition coefficient (Wildman–Crippen LogP) is 1.90. The summed E-state index contributed by atoms with van der Waals surface area (Å²) in [5.74, 6) is 0.424. The van der Waals surface area contributed by atoms with E-state index in [-0.39, 0.29) is 18.6 Å². The Labute approximate surface area is 108 Å². The molecule has 1 atom stereocenters. The van der Waals surface area contributed by atoms with E-state index >= 15 is 0 Å². The third-order valence-corrected chi connectivity index (χ3v) is 3.27. The highest BCUT2D eigenvalue weighted by atomic mass is 32.1. The molecule has 2 rings (SSSR count). The highest BCUT2D eigenvalue weighted by Crippen LogP contribution is 2.23. The quantitative estimate of drug-likeness (QED) is 0.866. The van der Waals surface area contributed by atoms with Crippen LogP contribution in [0.1, 0.15) is 23.8 Å². The zero-order chi connectivity index (χ0) is 13.0. The first-order valence-corrected chi connectivity index (χ1v) is 6.50. The van der Waals surface area contributed by atoms with Gasteiger partial charge in [0, 0.05) is 18.0 Å². The van der Waals surface area contributed by atoms with E-state index < -0.39 is 0 Å². The fourth-order valence-corrected chi connectivity index (χ4v) is 2.22. The van der Waals surface area contributed by atoms with Gasteiger partial charge in [-0.1, -0.05) is 0 Å². The summed E-state index contributed by atoms with van der Waals surface area (Å²) in [7, 11) is 0. The molecule has 2 aromatic rings.